The van der Waals surface area contributed by atoms with Gasteiger partial charge in [0.05, 0.1) is 11.7 Å². The van der Waals surface area contributed by atoms with E-state index in [0.29, 0.717) is 23.5 Å². The molecule has 0 spiro atoms. The molecule has 0 aromatic carbocycles. The molecule has 0 bridgehead atoms. The third-order valence-corrected chi connectivity index (χ3v) is 11.9. The lowest BCUT2D eigenvalue weighted by molar-refractivity contribution is -0.164. The van der Waals surface area contributed by atoms with Crippen molar-refractivity contribution in [1.29, 1.82) is 0 Å². The number of fused-ring (bicyclic) bond motifs is 5. The van der Waals surface area contributed by atoms with Crippen LogP contribution < -0.4 is 0 Å². The first-order chi connectivity index (χ1) is 15.6. The minimum atomic E-state index is -0.347. The van der Waals surface area contributed by atoms with Gasteiger partial charge < -0.3 is 9.84 Å². The number of hydrogen-bond donors (Lipinski definition) is 1. The Balaban J connectivity index is 1.65. The molecule has 0 amide bonds. The fourth-order valence-electron chi connectivity index (χ4n) is 9.25. The van der Waals surface area contributed by atoms with Gasteiger partial charge in [-0.15, -0.1) is 0 Å². The van der Waals surface area contributed by atoms with Crippen molar-refractivity contribution in [3.63, 3.8) is 0 Å². The lowest BCUT2D eigenvalue weighted by Gasteiger charge is -2.65. The van der Waals surface area contributed by atoms with Crippen LogP contribution in [-0.2, 0) is 9.53 Å². The Hall–Kier alpha value is -0.930. The number of hydrogen-bond acceptors (Lipinski definition) is 3. The lowest BCUT2D eigenvalue weighted by atomic mass is 9.39. The molecule has 4 rings (SSSR count). The summed E-state index contributed by atoms with van der Waals surface area (Å²) < 4.78 is 5.57. The SMILES string of the molecule is COC(C)(C)/C=C/C[C@@H](C)[C@H]1CC[C@@]2(C)[C@@H]3C(=O)C=C4[C@@H](CC[C@H](O)C4(C)C)[C@]3(C)CC[C@]12C. The van der Waals surface area contributed by atoms with Gasteiger partial charge in [-0.3, -0.25) is 4.79 Å². The minimum absolute atomic E-state index is 0.00730. The molecule has 1 N–H and O–H groups in total. The van der Waals surface area contributed by atoms with Gasteiger partial charge in [-0.2, -0.15) is 0 Å². The van der Waals surface area contributed by atoms with E-state index in [4.69, 9.17) is 4.74 Å². The molecule has 0 heterocycles. The van der Waals surface area contributed by atoms with E-state index >= 15 is 0 Å². The molecule has 0 unspecified atom stereocenters. The van der Waals surface area contributed by atoms with E-state index in [-0.39, 0.29) is 39.3 Å². The number of allylic oxidation sites excluding steroid dienone is 2. The molecule has 3 nitrogen and oxygen atoms in total. The highest BCUT2D eigenvalue weighted by Crippen LogP contribution is 2.74. The first kappa shape index (κ1) is 26.1. The Labute approximate surface area is 208 Å². The summed E-state index contributed by atoms with van der Waals surface area (Å²) in [6.07, 6.45) is 13.8. The van der Waals surface area contributed by atoms with Crippen molar-refractivity contribution >= 4 is 5.78 Å². The van der Waals surface area contributed by atoms with Gasteiger partial charge in [0, 0.05) is 18.4 Å². The summed E-state index contributed by atoms with van der Waals surface area (Å²) in [7, 11) is 1.77. The van der Waals surface area contributed by atoms with Gasteiger partial charge in [0.15, 0.2) is 5.78 Å². The predicted octanol–water partition coefficient (Wildman–Crippen LogP) is 7.14. The number of ether oxygens (including phenoxy) is 1. The molecule has 3 fully saturated rings. The van der Waals surface area contributed by atoms with Crippen molar-refractivity contribution in [3.8, 4) is 0 Å². The zero-order valence-corrected chi connectivity index (χ0v) is 23.3. The number of ketones is 1. The molecule has 0 aromatic rings. The molecule has 4 aliphatic rings. The van der Waals surface area contributed by atoms with Gasteiger partial charge in [0.1, 0.15) is 0 Å². The maximum Gasteiger partial charge on any atom is 0.159 e. The van der Waals surface area contributed by atoms with Crippen LogP contribution in [0.25, 0.3) is 0 Å². The van der Waals surface area contributed by atoms with Crippen LogP contribution in [0.4, 0.5) is 0 Å². The molecule has 0 aromatic heterocycles. The van der Waals surface area contributed by atoms with E-state index in [1.54, 1.807) is 7.11 Å². The summed E-state index contributed by atoms with van der Waals surface area (Å²) >= 11 is 0. The van der Waals surface area contributed by atoms with Crippen molar-refractivity contribution in [2.75, 3.05) is 7.11 Å². The quantitative estimate of drug-likeness (QED) is 0.434. The monoisotopic (exact) mass is 470 g/mol. The standard InChI is InChI=1S/C31H50O3/c1-20(11-10-15-27(2,3)34-9)21-14-16-31(8)26-24(32)19-23-22(12-13-25(33)28(23,4)5)29(26,6)17-18-30(21,31)7/h10,15,19-22,25-26,33H,11-14,16-18H2,1-9H3/b15-10+/t20-,21-,22-,25+,26-,29+,30-,31+/m1/s1. The average Bonchev–Trinajstić information content (AvgIpc) is 3.02. The van der Waals surface area contributed by atoms with Gasteiger partial charge >= 0.3 is 0 Å². The smallest absolute Gasteiger partial charge is 0.159 e. The van der Waals surface area contributed by atoms with Gasteiger partial charge in [-0.25, -0.2) is 0 Å². The van der Waals surface area contributed by atoms with E-state index < -0.39 is 0 Å². The van der Waals surface area contributed by atoms with Crippen molar-refractivity contribution in [3.05, 3.63) is 23.8 Å². The van der Waals surface area contributed by atoms with Crippen LogP contribution in [0.2, 0.25) is 0 Å². The van der Waals surface area contributed by atoms with Crippen LogP contribution in [0.5, 0.6) is 0 Å². The van der Waals surface area contributed by atoms with Gasteiger partial charge in [0.25, 0.3) is 0 Å². The van der Waals surface area contributed by atoms with E-state index in [0.717, 1.165) is 32.1 Å². The second kappa shape index (κ2) is 8.30. The molecule has 8 atom stereocenters. The van der Waals surface area contributed by atoms with Crippen molar-refractivity contribution in [2.24, 2.45) is 45.3 Å². The average molecular weight is 471 g/mol. The van der Waals surface area contributed by atoms with Crippen LogP contribution in [0.3, 0.4) is 0 Å². The first-order valence-corrected chi connectivity index (χ1v) is 13.8. The Morgan fingerprint density at radius 2 is 1.76 bits per heavy atom. The molecule has 34 heavy (non-hydrogen) atoms. The maximum atomic E-state index is 14.0. The fraction of sp³-hybridized carbons (Fsp3) is 0.839. The van der Waals surface area contributed by atoms with Crippen molar-refractivity contribution in [2.45, 2.75) is 112 Å². The van der Waals surface area contributed by atoms with Crippen molar-refractivity contribution in [1.82, 2.24) is 0 Å². The van der Waals surface area contributed by atoms with Crippen molar-refractivity contribution < 1.29 is 14.6 Å². The molecule has 3 saturated carbocycles. The Morgan fingerprint density at radius 1 is 1.09 bits per heavy atom. The minimum Gasteiger partial charge on any atom is -0.392 e. The Bertz CT molecular complexity index is 881. The fourth-order valence-corrected chi connectivity index (χ4v) is 9.25. The Morgan fingerprint density at radius 3 is 2.41 bits per heavy atom. The third kappa shape index (κ3) is 3.62. The number of aliphatic hydroxyl groups is 1. The van der Waals surface area contributed by atoms with Gasteiger partial charge in [0.2, 0.25) is 0 Å². The second-order valence-electron chi connectivity index (χ2n) is 14.2. The number of aliphatic hydroxyl groups excluding tert-OH is 1. The number of carbonyl (C=O) groups excluding carboxylic acids is 1. The predicted molar refractivity (Wildman–Crippen MR) is 139 cm³/mol. The number of rotatable bonds is 5. The van der Waals surface area contributed by atoms with Crippen LogP contribution in [0.1, 0.15) is 100 Å². The molecule has 4 aliphatic carbocycles. The third-order valence-electron chi connectivity index (χ3n) is 11.9. The van der Waals surface area contributed by atoms with Crippen LogP contribution in [0, 0.1) is 45.3 Å². The normalized spacial score (nSPS) is 44.9. The van der Waals surface area contributed by atoms with E-state index in [2.05, 4.69) is 67.5 Å². The topological polar surface area (TPSA) is 46.5 Å². The number of methoxy groups -OCH3 is 1. The highest BCUT2D eigenvalue weighted by molar-refractivity contribution is 5.95. The highest BCUT2D eigenvalue weighted by Gasteiger charge is 2.69. The highest BCUT2D eigenvalue weighted by atomic mass is 16.5. The van der Waals surface area contributed by atoms with Gasteiger partial charge in [-0.05, 0) is 98.9 Å². The summed E-state index contributed by atoms with van der Waals surface area (Å²) in [6, 6.07) is 0. The molecule has 0 saturated heterocycles. The van der Waals surface area contributed by atoms with E-state index in [1.807, 2.05) is 6.08 Å². The molecule has 0 aliphatic heterocycles. The zero-order chi connectivity index (χ0) is 25.3. The van der Waals surface area contributed by atoms with E-state index in [1.165, 1.54) is 18.4 Å². The molecular weight excluding hydrogens is 420 g/mol. The van der Waals surface area contributed by atoms with Gasteiger partial charge in [-0.1, -0.05) is 59.3 Å². The molecule has 192 valence electrons. The summed E-state index contributed by atoms with van der Waals surface area (Å²) in [5, 5.41) is 10.8. The molecule has 3 heteroatoms. The van der Waals surface area contributed by atoms with E-state index in [9.17, 15) is 9.90 Å². The number of carbonyl (C=O) groups is 1. The largest absolute Gasteiger partial charge is 0.392 e. The van der Waals surface area contributed by atoms with Crippen LogP contribution >= 0.6 is 0 Å². The zero-order valence-electron chi connectivity index (χ0n) is 23.3. The molecule has 0 radical (unpaired) electrons. The summed E-state index contributed by atoms with van der Waals surface area (Å²) in [5.41, 5.74) is 0.937. The van der Waals surface area contributed by atoms with Crippen LogP contribution in [-0.4, -0.2) is 29.7 Å². The summed E-state index contributed by atoms with van der Waals surface area (Å²) in [5.74, 6) is 2.09. The lowest BCUT2D eigenvalue weighted by Crippen LogP contribution is -2.61. The first-order valence-electron chi connectivity index (χ1n) is 13.8. The maximum absolute atomic E-state index is 14.0. The second-order valence-corrected chi connectivity index (χ2v) is 14.2. The summed E-state index contributed by atoms with van der Waals surface area (Å²) in [4.78, 5) is 14.0. The Kier molecular flexibility index (Phi) is 6.38. The van der Waals surface area contributed by atoms with Crippen LogP contribution in [0.15, 0.2) is 23.8 Å². The summed E-state index contributed by atoms with van der Waals surface area (Å²) in [6.45, 7) is 18.3. The molecular formula is C31H50O3.